The summed E-state index contributed by atoms with van der Waals surface area (Å²) in [6.07, 6.45) is 1.11. The maximum atomic E-state index is 11.9. The van der Waals surface area contributed by atoms with E-state index in [-0.39, 0.29) is 5.69 Å². The van der Waals surface area contributed by atoms with E-state index in [1.807, 2.05) is 0 Å². The molecule has 0 radical (unpaired) electrons. The number of hydrogen-bond acceptors (Lipinski definition) is 6. The molecule has 8 nitrogen and oxygen atoms in total. The van der Waals surface area contributed by atoms with E-state index < -0.39 is 26.6 Å². The molecule has 19 heavy (non-hydrogen) atoms. The second-order valence-electron chi connectivity index (χ2n) is 4.54. The van der Waals surface area contributed by atoms with Gasteiger partial charge in [-0.2, -0.15) is 0 Å². The molecule has 106 valence electrons. The second kappa shape index (κ2) is 4.12. The first-order valence-electron chi connectivity index (χ1n) is 5.71. The number of nitrogens with zero attached hydrogens (tertiary/aromatic N) is 3. The van der Waals surface area contributed by atoms with Crippen LogP contribution < -0.4 is 21.0 Å². The summed E-state index contributed by atoms with van der Waals surface area (Å²) in [6, 6.07) is 0. The lowest BCUT2D eigenvalue weighted by Crippen LogP contribution is -2.47. The third-order valence-electron chi connectivity index (χ3n) is 3.22. The summed E-state index contributed by atoms with van der Waals surface area (Å²) in [6.45, 7) is 2.14. The lowest BCUT2D eigenvalue weighted by molar-refractivity contribution is 0.579. The average molecular weight is 288 g/mol. The number of aromatic amines is 1. The fourth-order valence-electron chi connectivity index (χ4n) is 2.49. The fraction of sp³-hybridized carbons (Fsp3) is 0.600. The van der Waals surface area contributed by atoms with Gasteiger partial charge in [-0.3, -0.25) is 14.3 Å². The fourth-order valence-corrected chi connectivity index (χ4v) is 3.88. The minimum atomic E-state index is -3.44. The van der Waals surface area contributed by atoms with Crippen molar-refractivity contribution in [3.63, 3.8) is 0 Å². The highest BCUT2D eigenvalue weighted by atomic mass is 32.2. The maximum absolute atomic E-state index is 11.9. The Balaban J connectivity index is 2.84. The molecule has 0 spiro atoms. The quantitative estimate of drug-likeness (QED) is 0.725. The van der Waals surface area contributed by atoms with Crippen LogP contribution in [0.25, 0.3) is 0 Å². The van der Waals surface area contributed by atoms with E-state index in [9.17, 15) is 18.0 Å². The Labute approximate surface area is 110 Å². The van der Waals surface area contributed by atoms with Crippen LogP contribution in [0.2, 0.25) is 0 Å². The maximum Gasteiger partial charge on any atom is 0.329 e. The molecule has 0 saturated carbocycles. The summed E-state index contributed by atoms with van der Waals surface area (Å²) >= 11 is 0. The lowest BCUT2D eigenvalue weighted by Gasteiger charge is -2.27. The summed E-state index contributed by atoms with van der Waals surface area (Å²) in [4.78, 5) is 28.6. The van der Waals surface area contributed by atoms with Gasteiger partial charge in [0.15, 0.2) is 9.84 Å². The van der Waals surface area contributed by atoms with Crippen LogP contribution in [0.5, 0.6) is 0 Å². The summed E-state index contributed by atoms with van der Waals surface area (Å²) in [5, 5.41) is 0. The van der Waals surface area contributed by atoms with Crippen molar-refractivity contribution in [3.05, 3.63) is 20.8 Å². The van der Waals surface area contributed by atoms with Crippen LogP contribution in [0.15, 0.2) is 9.59 Å². The van der Waals surface area contributed by atoms with Crippen LogP contribution in [-0.4, -0.2) is 43.3 Å². The van der Waals surface area contributed by atoms with Gasteiger partial charge in [0, 0.05) is 26.9 Å². The third-order valence-corrected chi connectivity index (χ3v) is 4.55. The highest BCUT2D eigenvalue weighted by Crippen LogP contribution is 2.35. The van der Waals surface area contributed by atoms with Crippen molar-refractivity contribution >= 4 is 21.3 Å². The molecule has 1 aliphatic heterocycles. The predicted octanol–water partition coefficient (Wildman–Crippen LogP) is -1.32. The van der Waals surface area contributed by atoms with Gasteiger partial charge in [0.1, 0.15) is 11.5 Å². The number of fused-ring (bicyclic) bond motifs is 1. The van der Waals surface area contributed by atoms with Crippen molar-refractivity contribution in [1.29, 1.82) is 0 Å². The molecule has 1 unspecified atom stereocenters. The zero-order valence-electron chi connectivity index (χ0n) is 11.2. The largest absolute Gasteiger partial charge is 0.334 e. The van der Waals surface area contributed by atoms with Gasteiger partial charge < -0.3 is 9.80 Å². The molecule has 0 aromatic carbocycles. The number of aromatic nitrogens is 2. The van der Waals surface area contributed by atoms with Gasteiger partial charge >= 0.3 is 5.69 Å². The minimum Gasteiger partial charge on any atom is -0.334 e. The van der Waals surface area contributed by atoms with Crippen molar-refractivity contribution < 1.29 is 8.42 Å². The van der Waals surface area contributed by atoms with Crippen LogP contribution in [0.1, 0.15) is 6.92 Å². The zero-order valence-corrected chi connectivity index (χ0v) is 12.0. The van der Waals surface area contributed by atoms with Crippen molar-refractivity contribution in [1.82, 2.24) is 9.55 Å². The Bertz CT molecular complexity index is 733. The third kappa shape index (κ3) is 1.84. The number of hydrogen-bond donors (Lipinski definition) is 1. The van der Waals surface area contributed by atoms with Crippen molar-refractivity contribution in [2.75, 3.05) is 29.6 Å². The topological polar surface area (TPSA) is 95.5 Å². The lowest BCUT2D eigenvalue weighted by atomic mass is 10.4. The first-order valence-corrected chi connectivity index (χ1v) is 7.67. The number of anilines is 2. The van der Waals surface area contributed by atoms with Gasteiger partial charge in [0.2, 0.25) is 5.50 Å². The average Bonchev–Trinajstić information content (AvgIpc) is 2.59. The van der Waals surface area contributed by atoms with Gasteiger partial charge in [-0.15, -0.1) is 0 Å². The van der Waals surface area contributed by atoms with E-state index in [0.29, 0.717) is 12.4 Å². The van der Waals surface area contributed by atoms with E-state index >= 15 is 0 Å². The van der Waals surface area contributed by atoms with Gasteiger partial charge in [0.05, 0.1) is 0 Å². The van der Waals surface area contributed by atoms with Gasteiger partial charge in [-0.1, -0.05) is 0 Å². The van der Waals surface area contributed by atoms with E-state index in [2.05, 4.69) is 4.98 Å². The first kappa shape index (κ1) is 13.7. The SMILES string of the molecule is CCN1c2c(c(=O)[nH]c(=O)n2C)N(C)C1S(C)(=O)=O. The van der Waals surface area contributed by atoms with E-state index in [1.165, 1.54) is 28.5 Å². The Hall–Kier alpha value is -1.77. The highest BCUT2D eigenvalue weighted by Gasteiger charge is 2.42. The van der Waals surface area contributed by atoms with Crippen LogP contribution in [-0.2, 0) is 16.9 Å². The number of nitrogens with one attached hydrogen (secondary N) is 1. The summed E-state index contributed by atoms with van der Waals surface area (Å²) in [7, 11) is -0.417. The van der Waals surface area contributed by atoms with Crippen molar-refractivity contribution in [3.8, 4) is 0 Å². The molecule has 1 aromatic heterocycles. The first-order chi connectivity index (χ1) is 8.70. The Morgan fingerprint density at radius 2 is 1.84 bits per heavy atom. The molecule has 9 heteroatoms. The Morgan fingerprint density at radius 3 is 2.32 bits per heavy atom. The van der Waals surface area contributed by atoms with Gasteiger partial charge in [-0.05, 0) is 6.92 Å². The van der Waals surface area contributed by atoms with Crippen LogP contribution in [0, 0.1) is 0 Å². The summed E-state index contributed by atoms with van der Waals surface area (Å²) in [5.41, 5.74) is -1.92. The highest BCUT2D eigenvalue weighted by molar-refractivity contribution is 7.91. The van der Waals surface area contributed by atoms with Crippen LogP contribution in [0.4, 0.5) is 11.5 Å². The number of rotatable bonds is 2. The summed E-state index contributed by atoms with van der Waals surface area (Å²) < 4.78 is 25.1. The van der Waals surface area contributed by atoms with Gasteiger partial charge in [0.25, 0.3) is 5.56 Å². The van der Waals surface area contributed by atoms with E-state index in [0.717, 1.165) is 6.26 Å². The summed E-state index contributed by atoms with van der Waals surface area (Å²) in [5.74, 6) is 0.328. The van der Waals surface area contributed by atoms with E-state index in [4.69, 9.17) is 0 Å². The Kier molecular flexibility index (Phi) is 2.96. The molecule has 0 saturated heterocycles. The molecule has 1 aromatic rings. The molecule has 1 N–H and O–H groups in total. The van der Waals surface area contributed by atoms with Crippen LogP contribution in [0.3, 0.4) is 0 Å². The van der Waals surface area contributed by atoms with Crippen molar-refractivity contribution in [2.24, 2.45) is 7.05 Å². The molecule has 2 heterocycles. The molecular weight excluding hydrogens is 272 g/mol. The molecular formula is C10H16N4O4S. The van der Waals surface area contributed by atoms with Crippen LogP contribution >= 0.6 is 0 Å². The molecule has 0 fully saturated rings. The predicted molar refractivity (Wildman–Crippen MR) is 72.4 cm³/mol. The minimum absolute atomic E-state index is 0.194. The smallest absolute Gasteiger partial charge is 0.329 e. The van der Waals surface area contributed by atoms with E-state index in [1.54, 1.807) is 6.92 Å². The normalized spacial score (nSPS) is 18.8. The number of H-pyrrole nitrogens is 1. The molecule has 0 amide bonds. The molecule has 1 aliphatic rings. The molecule has 0 bridgehead atoms. The molecule has 0 aliphatic carbocycles. The second-order valence-corrected chi connectivity index (χ2v) is 6.62. The zero-order chi connectivity index (χ0) is 14.5. The Morgan fingerprint density at radius 1 is 1.26 bits per heavy atom. The monoisotopic (exact) mass is 288 g/mol. The van der Waals surface area contributed by atoms with Gasteiger partial charge in [-0.25, -0.2) is 13.2 Å². The molecule has 2 rings (SSSR count). The number of sulfone groups is 1. The standard InChI is InChI=1S/C10H16N4O4S/c1-5-14-8-6(7(15)11-9(16)13(8)3)12(2)10(14)19(4,17)18/h10H,5H2,1-4H3,(H,11,15,16). The molecule has 1 atom stereocenters. The van der Waals surface area contributed by atoms with Crippen molar-refractivity contribution in [2.45, 2.75) is 12.4 Å².